The third kappa shape index (κ3) is 6.88. The Balaban J connectivity index is 2.00. The molecule has 2 aromatic carbocycles. The summed E-state index contributed by atoms with van der Waals surface area (Å²) in [5.74, 6) is 0.500. The molecule has 0 spiro atoms. The zero-order valence-corrected chi connectivity index (χ0v) is 18.6. The SMILES string of the molecule is CCNC(=NCc1cccc(C(=O)NC)c1)NCC(O)c1ccc(C(C)(C)C)cc1. The largest absolute Gasteiger partial charge is 0.387 e. The normalized spacial score (nSPS) is 12.9. The molecular weight excluding hydrogens is 376 g/mol. The molecule has 4 N–H and O–H groups in total. The first-order valence-electron chi connectivity index (χ1n) is 10.4. The number of aliphatic imine (C=N–C) groups is 1. The Morgan fingerprint density at radius 3 is 2.40 bits per heavy atom. The predicted octanol–water partition coefficient (Wildman–Crippen LogP) is 3.13. The van der Waals surface area contributed by atoms with Gasteiger partial charge in [0.05, 0.1) is 12.6 Å². The standard InChI is InChI=1S/C24H34N4O2/c1-6-26-23(27-15-17-8-7-9-19(14-17)22(30)25-5)28-16-21(29)18-10-12-20(13-11-18)24(2,3)4/h7-14,21,29H,6,15-16H2,1-5H3,(H,25,30)(H2,26,27,28). The van der Waals surface area contributed by atoms with Crippen LogP contribution in [0.3, 0.4) is 0 Å². The molecule has 0 heterocycles. The lowest BCUT2D eigenvalue weighted by molar-refractivity contribution is 0.0963. The van der Waals surface area contributed by atoms with Gasteiger partial charge in [0.1, 0.15) is 0 Å². The van der Waals surface area contributed by atoms with Gasteiger partial charge in [0.25, 0.3) is 5.91 Å². The van der Waals surface area contributed by atoms with E-state index in [1.165, 1.54) is 5.56 Å². The maximum Gasteiger partial charge on any atom is 0.251 e. The second-order valence-corrected chi connectivity index (χ2v) is 8.24. The van der Waals surface area contributed by atoms with Gasteiger partial charge in [0.2, 0.25) is 0 Å². The second-order valence-electron chi connectivity index (χ2n) is 8.24. The van der Waals surface area contributed by atoms with Crippen molar-refractivity contribution in [3.05, 3.63) is 70.8 Å². The van der Waals surface area contributed by atoms with Crippen molar-refractivity contribution in [3.63, 3.8) is 0 Å². The van der Waals surface area contributed by atoms with Gasteiger partial charge in [-0.1, -0.05) is 57.2 Å². The molecule has 2 rings (SSSR count). The number of nitrogens with one attached hydrogen (secondary N) is 3. The summed E-state index contributed by atoms with van der Waals surface area (Å²) in [5.41, 5.74) is 3.73. The number of rotatable bonds is 7. The van der Waals surface area contributed by atoms with Crippen LogP contribution in [0.15, 0.2) is 53.5 Å². The Hall–Kier alpha value is -2.86. The van der Waals surface area contributed by atoms with Crippen molar-refractivity contribution in [2.24, 2.45) is 4.99 Å². The van der Waals surface area contributed by atoms with E-state index >= 15 is 0 Å². The monoisotopic (exact) mass is 410 g/mol. The zero-order chi connectivity index (χ0) is 22.1. The highest BCUT2D eigenvalue weighted by Crippen LogP contribution is 2.23. The second kappa shape index (κ2) is 10.8. The molecule has 6 nitrogen and oxygen atoms in total. The van der Waals surface area contributed by atoms with E-state index in [1.54, 1.807) is 13.1 Å². The van der Waals surface area contributed by atoms with Gasteiger partial charge in [-0.2, -0.15) is 0 Å². The molecule has 0 saturated carbocycles. The third-order valence-electron chi connectivity index (χ3n) is 4.80. The van der Waals surface area contributed by atoms with Crippen LogP contribution in [0, 0.1) is 0 Å². The van der Waals surface area contributed by atoms with Gasteiger partial charge < -0.3 is 21.1 Å². The summed E-state index contributed by atoms with van der Waals surface area (Å²) in [6, 6.07) is 15.5. The average Bonchev–Trinajstić information content (AvgIpc) is 2.74. The molecular formula is C24H34N4O2. The fourth-order valence-electron chi connectivity index (χ4n) is 2.98. The minimum Gasteiger partial charge on any atom is -0.387 e. The first-order valence-corrected chi connectivity index (χ1v) is 10.4. The van der Waals surface area contributed by atoms with Crippen LogP contribution < -0.4 is 16.0 Å². The molecule has 0 aromatic heterocycles. The van der Waals surface area contributed by atoms with E-state index in [2.05, 4.69) is 53.8 Å². The molecule has 1 atom stereocenters. The molecule has 2 aromatic rings. The maximum absolute atomic E-state index is 11.8. The smallest absolute Gasteiger partial charge is 0.251 e. The highest BCUT2D eigenvalue weighted by Gasteiger charge is 2.15. The third-order valence-corrected chi connectivity index (χ3v) is 4.80. The Kier molecular flexibility index (Phi) is 8.42. The first-order chi connectivity index (χ1) is 14.2. The van der Waals surface area contributed by atoms with Crippen molar-refractivity contribution >= 4 is 11.9 Å². The average molecular weight is 411 g/mol. The lowest BCUT2D eigenvalue weighted by Crippen LogP contribution is -2.39. The van der Waals surface area contributed by atoms with E-state index in [-0.39, 0.29) is 11.3 Å². The number of hydrogen-bond acceptors (Lipinski definition) is 3. The van der Waals surface area contributed by atoms with Crippen molar-refractivity contribution in [3.8, 4) is 0 Å². The molecule has 1 amide bonds. The molecule has 0 aliphatic rings. The molecule has 0 bridgehead atoms. The Morgan fingerprint density at radius 1 is 1.10 bits per heavy atom. The molecule has 0 aliphatic heterocycles. The fraction of sp³-hybridized carbons (Fsp3) is 0.417. The minimum atomic E-state index is -0.639. The van der Waals surface area contributed by atoms with Gasteiger partial charge in [0.15, 0.2) is 5.96 Å². The topological polar surface area (TPSA) is 85.8 Å². The fourth-order valence-corrected chi connectivity index (χ4v) is 2.98. The molecule has 0 saturated heterocycles. The molecule has 0 fully saturated rings. The number of nitrogens with zero attached hydrogens (tertiary/aromatic N) is 1. The van der Waals surface area contributed by atoms with Crippen molar-refractivity contribution in [2.75, 3.05) is 20.1 Å². The van der Waals surface area contributed by atoms with Crippen LogP contribution in [0.1, 0.15) is 60.8 Å². The summed E-state index contributed by atoms with van der Waals surface area (Å²) >= 11 is 0. The molecule has 6 heteroatoms. The lowest BCUT2D eigenvalue weighted by Gasteiger charge is -2.20. The van der Waals surface area contributed by atoms with Crippen LogP contribution >= 0.6 is 0 Å². The maximum atomic E-state index is 11.8. The number of carbonyl (C=O) groups is 1. The van der Waals surface area contributed by atoms with Crippen LogP contribution in [0.5, 0.6) is 0 Å². The Bertz CT molecular complexity index is 854. The summed E-state index contributed by atoms with van der Waals surface area (Å²) in [6.45, 7) is 9.98. The summed E-state index contributed by atoms with van der Waals surface area (Å²) in [6.07, 6.45) is -0.639. The molecule has 0 radical (unpaired) electrons. The molecule has 162 valence electrons. The summed E-state index contributed by atoms with van der Waals surface area (Å²) in [4.78, 5) is 16.4. The van der Waals surface area contributed by atoms with Gasteiger partial charge in [-0.05, 0) is 41.2 Å². The lowest BCUT2D eigenvalue weighted by atomic mass is 9.86. The first kappa shape index (κ1) is 23.4. The van der Waals surface area contributed by atoms with Crippen molar-refractivity contribution in [2.45, 2.75) is 45.8 Å². The number of aliphatic hydroxyl groups is 1. The van der Waals surface area contributed by atoms with E-state index in [9.17, 15) is 9.90 Å². The molecule has 1 unspecified atom stereocenters. The van der Waals surface area contributed by atoms with E-state index in [0.717, 1.165) is 11.1 Å². The number of guanidine groups is 1. The van der Waals surface area contributed by atoms with Gasteiger partial charge in [0, 0.05) is 25.7 Å². The molecule has 30 heavy (non-hydrogen) atoms. The number of amides is 1. The van der Waals surface area contributed by atoms with E-state index < -0.39 is 6.10 Å². The van der Waals surface area contributed by atoms with Gasteiger partial charge in [-0.25, -0.2) is 4.99 Å². The van der Waals surface area contributed by atoms with Crippen LogP contribution in [0.25, 0.3) is 0 Å². The zero-order valence-electron chi connectivity index (χ0n) is 18.6. The number of carbonyl (C=O) groups excluding carboxylic acids is 1. The van der Waals surface area contributed by atoms with Gasteiger partial charge in [-0.3, -0.25) is 4.79 Å². The Labute approximate surface area is 179 Å². The van der Waals surface area contributed by atoms with Crippen molar-refractivity contribution < 1.29 is 9.90 Å². The Morgan fingerprint density at radius 2 is 1.80 bits per heavy atom. The van der Waals surface area contributed by atoms with Crippen LogP contribution in [-0.4, -0.2) is 37.1 Å². The van der Waals surface area contributed by atoms with Crippen LogP contribution in [0.4, 0.5) is 0 Å². The highest BCUT2D eigenvalue weighted by molar-refractivity contribution is 5.94. The summed E-state index contributed by atoms with van der Waals surface area (Å²) < 4.78 is 0. The van der Waals surface area contributed by atoms with Crippen LogP contribution in [-0.2, 0) is 12.0 Å². The summed E-state index contributed by atoms with van der Waals surface area (Å²) in [7, 11) is 1.61. The number of benzene rings is 2. The van der Waals surface area contributed by atoms with Crippen molar-refractivity contribution in [1.29, 1.82) is 0 Å². The number of aliphatic hydroxyl groups excluding tert-OH is 1. The van der Waals surface area contributed by atoms with Crippen molar-refractivity contribution in [1.82, 2.24) is 16.0 Å². The van der Waals surface area contributed by atoms with E-state index in [0.29, 0.717) is 31.2 Å². The summed E-state index contributed by atoms with van der Waals surface area (Å²) in [5, 5.41) is 19.6. The number of hydrogen-bond donors (Lipinski definition) is 4. The molecule has 0 aliphatic carbocycles. The highest BCUT2D eigenvalue weighted by atomic mass is 16.3. The quantitative estimate of drug-likeness (QED) is 0.417. The van der Waals surface area contributed by atoms with Gasteiger partial charge >= 0.3 is 0 Å². The van der Waals surface area contributed by atoms with Gasteiger partial charge in [-0.15, -0.1) is 0 Å². The van der Waals surface area contributed by atoms with E-state index in [4.69, 9.17) is 0 Å². The van der Waals surface area contributed by atoms with E-state index in [1.807, 2.05) is 37.3 Å². The van der Waals surface area contributed by atoms with Crippen LogP contribution in [0.2, 0.25) is 0 Å². The minimum absolute atomic E-state index is 0.0850. The predicted molar refractivity (Wildman–Crippen MR) is 123 cm³/mol.